The molecule has 0 radical (unpaired) electrons. The predicted octanol–water partition coefficient (Wildman–Crippen LogP) is 2.26. The summed E-state index contributed by atoms with van der Waals surface area (Å²) in [7, 11) is 0. The molecule has 0 atom stereocenters. The van der Waals surface area contributed by atoms with Gasteiger partial charge in [0.2, 0.25) is 6.29 Å². The van der Waals surface area contributed by atoms with Gasteiger partial charge in [0, 0.05) is 5.41 Å². The molecule has 2 heterocycles. The van der Waals surface area contributed by atoms with Gasteiger partial charge in [0.1, 0.15) is 5.82 Å². The van der Waals surface area contributed by atoms with Crippen LogP contribution in [0.5, 0.6) is 0 Å². The molecule has 5 nitrogen and oxygen atoms in total. The van der Waals surface area contributed by atoms with Gasteiger partial charge in [-0.1, -0.05) is 6.92 Å². The maximum absolute atomic E-state index is 12.9. The number of aromatic nitrogens is 2. The van der Waals surface area contributed by atoms with Gasteiger partial charge in [-0.2, -0.15) is 0 Å². The minimum atomic E-state index is -0.571. The molecule has 1 aromatic carbocycles. The number of benzene rings is 1. The van der Waals surface area contributed by atoms with E-state index < -0.39 is 6.29 Å². The van der Waals surface area contributed by atoms with E-state index >= 15 is 0 Å². The van der Waals surface area contributed by atoms with Crippen molar-refractivity contribution in [1.29, 1.82) is 0 Å². The van der Waals surface area contributed by atoms with Crippen LogP contribution in [0, 0.1) is 11.2 Å². The van der Waals surface area contributed by atoms with E-state index in [1.807, 2.05) is 6.92 Å². The lowest BCUT2D eigenvalue weighted by molar-refractivity contribution is -0.239. The van der Waals surface area contributed by atoms with E-state index in [0.717, 1.165) is 11.3 Å². The first-order valence-electron chi connectivity index (χ1n) is 6.75. The van der Waals surface area contributed by atoms with Crippen LogP contribution in [0.1, 0.15) is 19.0 Å². The Morgan fingerprint density at radius 2 is 2.00 bits per heavy atom. The molecule has 112 valence electrons. The summed E-state index contributed by atoms with van der Waals surface area (Å²) in [6.45, 7) is 2.72. The van der Waals surface area contributed by atoms with E-state index in [2.05, 4.69) is 9.97 Å². The van der Waals surface area contributed by atoms with E-state index in [9.17, 15) is 9.50 Å². The SMILES string of the molecule is CC1(CO)COC(c2ncc(-c3ccc(F)cc3)[nH]2)OC1. The van der Waals surface area contributed by atoms with Crippen LogP contribution in [0.4, 0.5) is 4.39 Å². The van der Waals surface area contributed by atoms with Crippen molar-refractivity contribution >= 4 is 0 Å². The Hall–Kier alpha value is -1.76. The van der Waals surface area contributed by atoms with Gasteiger partial charge >= 0.3 is 0 Å². The Balaban J connectivity index is 1.72. The molecule has 2 aromatic rings. The van der Waals surface area contributed by atoms with Crippen LogP contribution < -0.4 is 0 Å². The van der Waals surface area contributed by atoms with E-state index in [0.29, 0.717) is 19.0 Å². The molecule has 0 aliphatic carbocycles. The Kier molecular flexibility index (Phi) is 3.75. The summed E-state index contributed by atoms with van der Waals surface area (Å²) in [5, 5.41) is 9.27. The third-order valence-electron chi connectivity index (χ3n) is 3.52. The maximum atomic E-state index is 12.9. The normalized spacial score (nSPS) is 26.0. The number of aliphatic hydroxyl groups excluding tert-OH is 1. The van der Waals surface area contributed by atoms with E-state index in [4.69, 9.17) is 9.47 Å². The summed E-state index contributed by atoms with van der Waals surface area (Å²) in [5.74, 6) is 0.287. The number of nitrogens with one attached hydrogen (secondary N) is 1. The van der Waals surface area contributed by atoms with Crippen LogP contribution in [0.3, 0.4) is 0 Å². The molecule has 1 aliphatic rings. The zero-order chi connectivity index (χ0) is 14.9. The second-order valence-corrected chi connectivity index (χ2v) is 5.61. The first-order chi connectivity index (χ1) is 10.1. The quantitative estimate of drug-likeness (QED) is 0.910. The van der Waals surface area contributed by atoms with Gasteiger partial charge in [0.15, 0.2) is 5.82 Å². The number of nitrogens with zero attached hydrogens (tertiary/aromatic N) is 1. The van der Waals surface area contributed by atoms with Crippen molar-refractivity contribution in [3.63, 3.8) is 0 Å². The molecule has 21 heavy (non-hydrogen) atoms. The molecule has 0 unspecified atom stereocenters. The Morgan fingerprint density at radius 3 is 2.62 bits per heavy atom. The van der Waals surface area contributed by atoms with Crippen molar-refractivity contribution in [2.75, 3.05) is 19.8 Å². The third-order valence-corrected chi connectivity index (χ3v) is 3.52. The molecule has 2 N–H and O–H groups in total. The van der Waals surface area contributed by atoms with Crippen LogP contribution in [-0.4, -0.2) is 34.9 Å². The monoisotopic (exact) mass is 292 g/mol. The molecule has 3 rings (SSSR count). The fourth-order valence-corrected chi connectivity index (χ4v) is 2.13. The predicted molar refractivity (Wildman–Crippen MR) is 73.8 cm³/mol. The summed E-state index contributed by atoms with van der Waals surface area (Å²) < 4.78 is 24.1. The summed E-state index contributed by atoms with van der Waals surface area (Å²) in [6, 6.07) is 6.16. The van der Waals surface area contributed by atoms with Gasteiger partial charge in [-0.15, -0.1) is 0 Å². The average Bonchev–Trinajstić information content (AvgIpc) is 2.98. The Morgan fingerprint density at radius 1 is 1.33 bits per heavy atom. The van der Waals surface area contributed by atoms with Gasteiger partial charge < -0.3 is 19.6 Å². The third kappa shape index (κ3) is 2.97. The number of hydrogen-bond acceptors (Lipinski definition) is 4. The molecule has 0 saturated carbocycles. The first-order valence-corrected chi connectivity index (χ1v) is 6.75. The maximum Gasteiger partial charge on any atom is 0.217 e. The molecule has 0 bridgehead atoms. The zero-order valence-corrected chi connectivity index (χ0v) is 11.7. The van der Waals surface area contributed by atoms with Gasteiger partial charge in [-0.25, -0.2) is 9.37 Å². The van der Waals surface area contributed by atoms with E-state index in [1.54, 1.807) is 18.3 Å². The lowest BCUT2D eigenvalue weighted by atomic mass is 9.94. The summed E-state index contributed by atoms with van der Waals surface area (Å²) >= 11 is 0. The van der Waals surface area contributed by atoms with Gasteiger partial charge in [-0.3, -0.25) is 0 Å². The Bertz CT molecular complexity index is 604. The number of rotatable bonds is 3. The molecule has 0 amide bonds. The van der Waals surface area contributed by atoms with Gasteiger partial charge in [-0.05, 0) is 29.8 Å². The average molecular weight is 292 g/mol. The van der Waals surface area contributed by atoms with Crippen LogP contribution in [0.25, 0.3) is 11.3 Å². The molecule has 1 saturated heterocycles. The fraction of sp³-hybridized carbons (Fsp3) is 0.400. The van der Waals surface area contributed by atoms with Crippen molar-refractivity contribution in [3.8, 4) is 11.3 Å². The first kappa shape index (κ1) is 14.2. The number of imidazole rings is 1. The van der Waals surface area contributed by atoms with Crippen molar-refractivity contribution in [2.45, 2.75) is 13.2 Å². The number of H-pyrrole nitrogens is 1. The molecule has 1 fully saturated rings. The van der Waals surface area contributed by atoms with Gasteiger partial charge in [0.25, 0.3) is 0 Å². The van der Waals surface area contributed by atoms with Crippen molar-refractivity contribution in [3.05, 3.63) is 42.1 Å². The smallest absolute Gasteiger partial charge is 0.217 e. The topological polar surface area (TPSA) is 67.4 Å². The molecule has 1 aromatic heterocycles. The van der Waals surface area contributed by atoms with Crippen LogP contribution >= 0.6 is 0 Å². The number of hydrogen-bond donors (Lipinski definition) is 2. The van der Waals surface area contributed by atoms with E-state index in [-0.39, 0.29) is 17.8 Å². The lowest BCUT2D eigenvalue weighted by Crippen LogP contribution is -2.39. The standard InChI is InChI=1S/C15H17FN2O3/c1-15(7-19)8-20-14(21-9-15)13-17-6-12(18-13)10-2-4-11(16)5-3-10/h2-6,14,19H,7-9H2,1H3,(H,17,18). The van der Waals surface area contributed by atoms with Crippen LogP contribution in [-0.2, 0) is 9.47 Å². The van der Waals surface area contributed by atoms with Gasteiger partial charge in [0.05, 0.1) is 31.7 Å². The number of ether oxygens (including phenoxy) is 2. The molecule has 6 heteroatoms. The lowest BCUT2D eigenvalue weighted by Gasteiger charge is -2.35. The number of aliphatic hydroxyl groups is 1. The number of halogens is 1. The number of aromatic amines is 1. The molecule has 0 spiro atoms. The Labute approximate surface area is 121 Å². The highest BCUT2D eigenvalue weighted by Gasteiger charge is 2.33. The highest BCUT2D eigenvalue weighted by Crippen LogP contribution is 2.30. The summed E-state index contributed by atoms with van der Waals surface area (Å²) in [6.07, 6.45) is 1.09. The van der Waals surface area contributed by atoms with Crippen molar-refractivity contribution in [2.24, 2.45) is 5.41 Å². The fourth-order valence-electron chi connectivity index (χ4n) is 2.13. The second kappa shape index (κ2) is 5.55. The minimum Gasteiger partial charge on any atom is -0.396 e. The summed E-state index contributed by atoms with van der Waals surface area (Å²) in [4.78, 5) is 7.37. The molecular formula is C15H17FN2O3. The highest BCUT2D eigenvalue weighted by atomic mass is 19.1. The van der Waals surface area contributed by atoms with Crippen LogP contribution in [0.15, 0.2) is 30.5 Å². The molecular weight excluding hydrogens is 275 g/mol. The zero-order valence-electron chi connectivity index (χ0n) is 11.7. The largest absolute Gasteiger partial charge is 0.396 e. The molecule has 1 aliphatic heterocycles. The van der Waals surface area contributed by atoms with Crippen molar-refractivity contribution in [1.82, 2.24) is 9.97 Å². The highest BCUT2D eigenvalue weighted by molar-refractivity contribution is 5.58. The second-order valence-electron chi connectivity index (χ2n) is 5.61. The van der Waals surface area contributed by atoms with Crippen LogP contribution in [0.2, 0.25) is 0 Å². The summed E-state index contributed by atoms with van der Waals surface area (Å²) in [5.41, 5.74) is 1.24. The van der Waals surface area contributed by atoms with Crippen molar-refractivity contribution < 1.29 is 19.0 Å². The van der Waals surface area contributed by atoms with E-state index in [1.165, 1.54) is 12.1 Å². The minimum absolute atomic E-state index is 0.0126.